The molecule has 1 unspecified atom stereocenters. The summed E-state index contributed by atoms with van der Waals surface area (Å²) < 4.78 is 1.79. The van der Waals surface area contributed by atoms with Crippen LogP contribution in [0.5, 0.6) is 0 Å². The SMILES string of the molecule is C=CCC(Cn1cncn1)c1ccc(Cl)cc1Cl.O=[N+]([O-])O. The molecule has 2 aromatic rings. The summed E-state index contributed by atoms with van der Waals surface area (Å²) in [6, 6.07) is 5.56. The van der Waals surface area contributed by atoms with E-state index in [0.717, 1.165) is 12.0 Å². The van der Waals surface area contributed by atoms with E-state index in [1.54, 1.807) is 17.1 Å². The van der Waals surface area contributed by atoms with E-state index in [4.69, 9.17) is 38.5 Å². The Bertz CT molecular complexity index is 616. The van der Waals surface area contributed by atoms with Crippen LogP contribution in [0.1, 0.15) is 17.9 Å². The van der Waals surface area contributed by atoms with Gasteiger partial charge in [-0.05, 0) is 24.1 Å². The molecule has 1 aromatic heterocycles. The van der Waals surface area contributed by atoms with Gasteiger partial charge in [-0.25, -0.2) is 4.98 Å². The molecule has 9 heteroatoms. The summed E-state index contributed by atoms with van der Waals surface area (Å²) in [5.41, 5.74) is 1.05. The lowest BCUT2D eigenvalue weighted by molar-refractivity contribution is -0.742. The minimum absolute atomic E-state index is 0.217. The zero-order chi connectivity index (χ0) is 16.5. The standard InChI is InChI=1S/C13H13Cl2N3.HNO3/c1-2-3-10(7-18-9-16-8-17-18)12-5-4-11(14)6-13(12)15;2-1(3)4/h2,4-6,8-10H,1,3,7H2;(H,2,3,4). The third-order valence-corrected chi connectivity index (χ3v) is 3.29. The van der Waals surface area contributed by atoms with Gasteiger partial charge in [0, 0.05) is 22.5 Å². The predicted octanol–water partition coefficient (Wildman–Crippen LogP) is 3.60. The van der Waals surface area contributed by atoms with Gasteiger partial charge in [0.25, 0.3) is 5.09 Å². The van der Waals surface area contributed by atoms with Crippen molar-refractivity contribution in [2.75, 3.05) is 0 Å². The largest absolute Gasteiger partial charge is 0.328 e. The lowest BCUT2D eigenvalue weighted by Crippen LogP contribution is -2.09. The van der Waals surface area contributed by atoms with Gasteiger partial charge in [0.15, 0.2) is 0 Å². The highest BCUT2D eigenvalue weighted by molar-refractivity contribution is 6.35. The van der Waals surface area contributed by atoms with Crippen LogP contribution in [0.2, 0.25) is 10.0 Å². The lowest BCUT2D eigenvalue weighted by atomic mass is 9.95. The minimum atomic E-state index is -1.50. The van der Waals surface area contributed by atoms with Crippen LogP contribution < -0.4 is 0 Å². The minimum Gasteiger partial charge on any atom is -0.328 e. The fourth-order valence-corrected chi connectivity index (χ4v) is 2.45. The summed E-state index contributed by atoms with van der Waals surface area (Å²) in [6.45, 7) is 4.50. The molecule has 2 rings (SSSR count). The Kier molecular flexibility index (Phi) is 7.34. The van der Waals surface area contributed by atoms with Gasteiger partial charge in [-0.15, -0.1) is 16.7 Å². The Labute approximate surface area is 136 Å². The fourth-order valence-electron chi connectivity index (χ4n) is 1.89. The molecule has 1 heterocycles. The lowest BCUT2D eigenvalue weighted by Gasteiger charge is -2.17. The monoisotopic (exact) mass is 344 g/mol. The van der Waals surface area contributed by atoms with Crippen LogP contribution in [0.4, 0.5) is 0 Å². The van der Waals surface area contributed by atoms with Crippen molar-refractivity contribution in [2.45, 2.75) is 18.9 Å². The third-order valence-electron chi connectivity index (χ3n) is 2.73. The first-order chi connectivity index (χ1) is 10.4. The van der Waals surface area contributed by atoms with Gasteiger partial charge in [-0.2, -0.15) is 5.10 Å². The van der Waals surface area contributed by atoms with E-state index in [-0.39, 0.29) is 5.92 Å². The highest BCUT2D eigenvalue weighted by Gasteiger charge is 2.15. The molecule has 0 amide bonds. The molecule has 0 aliphatic heterocycles. The maximum Gasteiger partial charge on any atom is 0.291 e. The molecule has 1 aromatic carbocycles. The van der Waals surface area contributed by atoms with E-state index < -0.39 is 5.09 Å². The molecule has 0 radical (unpaired) electrons. The van der Waals surface area contributed by atoms with E-state index >= 15 is 0 Å². The van der Waals surface area contributed by atoms with Gasteiger partial charge >= 0.3 is 0 Å². The van der Waals surface area contributed by atoms with Gasteiger partial charge in [0.2, 0.25) is 0 Å². The Morgan fingerprint density at radius 3 is 2.68 bits per heavy atom. The van der Waals surface area contributed by atoms with E-state index in [2.05, 4.69) is 16.7 Å². The topological polar surface area (TPSA) is 94.1 Å². The van der Waals surface area contributed by atoms with Gasteiger partial charge in [-0.1, -0.05) is 35.3 Å². The van der Waals surface area contributed by atoms with Gasteiger partial charge in [0.1, 0.15) is 12.7 Å². The van der Waals surface area contributed by atoms with Crippen molar-refractivity contribution in [1.29, 1.82) is 0 Å². The average Bonchev–Trinajstić information content (AvgIpc) is 2.90. The predicted molar refractivity (Wildman–Crippen MR) is 82.8 cm³/mol. The Morgan fingerprint density at radius 2 is 2.18 bits per heavy atom. The molecular formula is C13H14Cl2N4O3. The van der Waals surface area contributed by atoms with Crippen LogP contribution in [-0.2, 0) is 6.54 Å². The summed E-state index contributed by atoms with van der Waals surface area (Å²) in [6.07, 6.45) is 5.92. The average molecular weight is 345 g/mol. The maximum absolute atomic E-state index is 8.36. The van der Waals surface area contributed by atoms with Crippen LogP contribution in [-0.4, -0.2) is 25.1 Å². The Balaban J connectivity index is 0.000000541. The van der Waals surface area contributed by atoms with Crippen molar-refractivity contribution < 1.29 is 10.3 Å². The molecule has 0 bridgehead atoms. The Morgan fingerprint density at radius 1 is 1.50 bits per heavy atom. The number of aromatic nitrogens is 3. The summed E-state index contributed by atoms with van der Waals surface area (Å²) >= 11 is 12.1. The van der Waals surface area contributed by atoms with Crippen molar-refractivity contribution in [2.24, 2.45) is 0 Å². The van der Waals surface area contributed by atoms with Crippen LogP contribution in [0.15, 0.2) is 43.5 Å². The van der Waals surface area contributed by atoms with Crippen LogP contribution in [0, 0.1) is 10.1 Å². The second-order valence-electron chi connectivity index (χ2n) is 4.24. The third kappa shape index (κ3) is 6.11. The number of rotatable bonds is 5. The maximum atomic E-state index is 8.36. The summed E-state index contributed by atoms with van der Waals surface area (Å²) in [5, 5.41) is 19.1. The van der Waals surface area contributed by atoms with Gasteiger partial charge < -0.3 is 5.21 Å². The van der Waals surface area contributed by atoms with Crippen LogP contribution in [0.25, 0.3) is 0 Å². The second-order valence-corrected chi connectivity index (χ2v) is 5.09. The zero-order valence-corrected chi connectivity index (χ0v) is 13.0. The molecule has 0 spiro atoms. The molecule has 118 valence electrons. The summed E-state index contributed by atoms with van der Waals surface area (Å²) in [5.74, 6) is 0.217. The summed E-state index contributed by atoms with van der Waals surface area (Å²) in [4.78, 5) is 12.3. The molecular weight excluding hydrogens is 331 g/mol. The van der Waals surface area contributed by atoms with Crippen molar-refractivity contribution in [3.63, 3.8) is 0 Å². The fraction of sp³-hybridized carbons (Fsp3) is 0.231. The normalized spacial score (nSPS) is 11.2. The van der Waals surface area contributed by atoms with E-state index in [1.165, 1.54) is 6.33 Å². The number of hydrogen-bond donors (Lipinski definition) is 1. The van der Waals surface area contributed by atoms with Crippen LogP contribution in [0.3, 0.4) is 0 Å². The molecule has 7 nitrogen and oxygen atoms in total. The molecule has 1 atom stereocenters. The number of benzene rings is 1. The second kappa shape index (κ2) is 9.01. The highest BCUT2D eigenvalue weighted by Crippen LogP contribution is 2.30. The number of halogens is 2. The van der Waals surface area contributed by atoms with E-state index in [1.807, 2.05) is 18.2 Å². The molecule has 22 heavy (non-hydrogen) atoms. The smallest absolute Gasteiger partial charge is 0.291 e. The number of nitrogens with zero attached hydrogens (tertiary/aromatic N) is 4. The van der Waals surface area contributed by atoms with Gasteiger partial charge in [-0.3, -0.25) is 4.68 Å². The van der Waals surface area contributed by atoms with Crippen molar-refractivity contribution >= 4 is 23.2 Å². The number of hydrogen-bond acceptors (Lipinski definition) is 4. The van der Waals surface area contributed by atoms with Crippen molar-refractivity contribution in [3.05, 3.63) is 69.2 Å². The molecule has 0 saturated carbocycles. The Hall–Kier alpha value is -2.12. The van der Waals surface area contributed by atoms with E-state index in [9.17, 15) is 0 Å². The van der Waals surface area contributed by atoms with E-state index in [0.29, 0.717) is 16.6 Å². The number of allylic oxidation sites excluding steroid dienone is 1. The molecule has 1 N–H and O–H groups in total. The first kappa shape index (κ1) is 17.9. The van der Waals surface area contributed by atoms with Crippen LogP contribution >= 0.6 is 23.2 Å². The van der Waals surface area contributed by atoms with Crippen molar-refractivity contribution in [1.82, 2.24) is 14.8 Å². The van der Waals surface area contributed by atoms with Crippen molar-refractivity contribution in [3.8, 4) is 0 Å². The highest BCUT2D eigenvalue weighted by atomic mass is 35.5. The zero-order valence-electron chi connectivity index (χ0n) is 11.5. The summed E-state index contributed by atoms with van der Waals surface area (Å²) in [7, 11) is 0. The first-order valence-corrected chi connectivity index (χ1v) is 6.91. The molecule has 0 aliphatic rings. The van der Waals surface area contributed by atoms with Gasteiger partial charge in [0.05, 0.1) is 0 Å². The quantitative estimate of drug-likeness (QED) is 0.508. The first-order valence-electron chi connectivity index (χ1n) is 6.15. The molecule has 0 saturated heterocycles. The molecule has 0 aliphatic carbocycles. The molecule has 0 fully saturated rings.